The van der Waals surface area contributed by atoms with Crippen molar-refractivity contribution in [2.24, 2.45) is 4.99 Å². The Labute approximate surface area is 163 Å². The third kappa shape index (κ3) is 3.75. The third-order valence-electron chi connectivity index (χ3n) is 3.70. The van der Waals surface area contributed by atoms with Gasteiger partial charge in [0.25, 0.3) is 0 Å². The molecule has 1 aromatic carbocycles. The van der Waals surface area contributed by atoms with Crippen molar-refractivity contribution in [3.63, 3.8) is 0 Å². The van der Waals surface area contributed by atoms with E-state index < -0.39 is 17.8 Å². The molecule has 1 atom stereocenters. The Morgan fingerprint density at radius 3 is 2.81 bits per heavy atom. The zero-order valence-electron chi connectivity index (χ0n) is 13.8. The molecule has 2 heterocycles. The Balaban J connectivity index is 2.12. The number of halogens is 3. The molecule has 1 aliphatic heterocycles. The zero-order chi connectivity index (χ0) is 18.8. The van der Waals surface area contributed by atoms with Gasteiger partial charge in [0, 0.05) is 16.3 Å². The maximum absolute atomic E-state index is 13.5. The first-order chi connectivity index (χ1) is 12.4. The molecule has 0 aliphatic carbocycles. The molecule has 5 nitrogen and oxygen atoms in total. The molecule has 9 heteroatoms. The number of esters is 1. The van der Waals surface area contributed by atoms with Gasteiger partial charge in [-0.3, -0.25) is 4.99 Å². The average Bonchev–Trinajstić information content (AvgIpc) is 3.01. The number of hydrogen-bond acceptors (Lipinski definition) is 6. The molecule has 1 aromatic heterocycles. The lowest BCUT2D eigenvalue weighted by Crippen LogP contribution is -2.32. The number of carbonyl (C=O) groups excluding carboxylic acids is 1. The predicted molar refractivity (Wildman–Crippen MR) is 100 cm³/mol. The lowest BCUT2D eigenvalue weighted by molar-refractivity contribution is -0.138. The van der Waals surface area contributed by atoms with Gasteiger partial charge >= 0.3 is 5.97 Å². The number of benzene rings is 1. The highest BCUT2D eigenvalue weighted by Crippen LogP contribution is 2.36. The number of nitrogens with one attached hydrogen (secondary N) is 1. The van der Waals surface area contributed by atoms with Gasteiger partial charge < -0.3 is 10.1 Å². The van der Waals surface area contributed by atoms with Gasteiger partial charge in [0.2, 0.25) is 0 Å². The summed E-state index contributed by atoms with van der Waals surface area (Å²) in [5.74, 6) is -0.470. The van der Waals surface area contributed by atoms with E-state index in [0.29, 0.717) is 32.0 Å². The van der Waals surface area contributed by atoms with Crippen LogP contribution in [-0.4, -0.2) is 23.4 Å². The summed E-state index contributed by atoms with van der Waals surface area (Å²) in [7, 11) is 0. The smallest absolute Gasteiger partial charge is 0.338 e. The number of nitrogens with zero attached hydrogens (tertiary/aromatic N) is 2. The van der Waals surface area contributed by atoms with Crippen LogP contribution in [0.3, 0.4) is 0 Å². The van der Waals surface area contributed by atoms with Crippen LogP contribution in [0.25, 0.3) is 0 Å². The molecule has 1 aliphatic rings. The topological polar surface area (TPSA) is 63.6 Å². The molecule has 0 amide bonds. The van der Waals surface area contributed by atoms with Gasteiger partial charge in [0.15, 0.2) is 4.47 Å². The van der Waals surface area contributed by atoms with Crippen molar-refractivity contribution in [3.05, 3.63) is 61.4 Å². The highest BCUT2D eigenvalue weighted by Gasteiger charge is 2.32. The molecule has 26 heavy (non-hydrogen) atoms. The molecule has 2 aromatic rings. The minimum absolute atomic E-state index is 0.178. The van der Waals surface area contributed by atoms with Crippen LogP contribution in [0, 0.1) is 5.82 Å². The number of thiazole rings is 1. The SMILES string of the molecule is CCOC(=O)C1=C(C)NC(c2cnc(Cl)s2)=NC1c1ccc(F)cc1Cl. The van der Waals surface area contributed by atoms with E-state index in [1.807, 2.05) is 0 Å². The van der Waals surface area contributed by atoms with Gasteiger partial charge in [-0.1, -0.05) is 40.6 Å². The van der Waals surface area contributed by atoms with E-state index >= 15 is 0 Å². The number of carbonyl (C=O) groups is 1. The van der Waals surface area contributed by atoms with Gasteiger partial charge in [-0.25, -0.2) is 14.2 Å². The quantitative estimate of drug-likeness (QED) is 0.748. The number of rotatable bonds is 4. The summed E-state index contributed by atoms with van der Waals surface area (Å²) in [5, 5.41) is 3.27. The minimum Gasteiger partial charge on any atom is -0.463 e. The fraction of sp³-hybridized carbons (Fsp3) is 0.235. The standard InChI is InChI=1S/C17H14Cl2FN3O2S/c1-3-25-16(24)13-8(2)22-15(12-7-21-17(19)26-12)23-14(13)10-5-4-9(20)6-11(10)18/h4-7,14H,3H2,1-2H3,(H,22,23). The second-order valence-electron chi connectivity index (χ2n) is 5.41. The summed E-state index contributed by atoms with van der Waals surface area (Å²) >= 11 is 13.4. The predicted octanol–water partition coefficient (Wildman–Crippen LogP) is 4.52. The highest BCUT2D eigenvalue weighted by molar-refractivity contribution is 7.17. The van der Waals surface area contributed by atoms with E-state index in [0.717, 1.165) is 0 Å². The first-order valence-electron chi connectivity index (χ1n) is 7.70. The number of amidine groups is 1. The second kappa shape index (κ2) is 7.73. The molecule has 0 saturated heterocycles. The summed E-state index contributed by atoms with van der Waals surface area (Å²) in [6.45, 7) is 3.69. The molecular weight excluding hydrogens is 400 g/mol. The maximum atomic E-state index is 13.5. The van der Waals surface area contributed by atoms with Crippen molar-refractivity contribution in [1.82, 2.24) is 10.3 Å². The summed E-state index contributed by atoms with van der Waals surface area (Å²) in [6.07, 6.45) is 1.59. The normalized spacial score (nSPS) is 17.0. The Morgan fingerprint density at radius 1 is 1.42 bits per heavy atom. The molecule has 1 unspecified atom stereocenters. The van der Waals surface area contributed by atoms with Gasteiger partial charge in [0.1, 0.15) is 17.7 Å². The van der Waals surface area contributed by atoms with Crippen LogP contribution in [0.1, 0.15) is 30.3 Å². The van der Waals surface area contributed by atoms with Gasteiger partial charge in [0.05, 0.1) is 23.3 Å². The van der Waals surface area contributed by atoms with Crippen LogP contribution in [0.2, 0.25) is 9.49 Å². The minimum atomic E-state index is -0.737. The van der Waals surface area contributed by atoms with Crippen molar-refractivity contribution in [3.8, 4) is 0 Å². The summed E-state index contributed by atoms with van der Waals surface area (Å²) < 4.78 is 19.0. The lowest BCUT2D eigenvalue weighted by Gasteiger charge is -2.26. The number of ether oxygens (including phenoxy) is 1. The monoisotopic (exact) mass is 413 g/mol. The maximum Gasteiger partial charge on any atom is 0.338 e. The van der Waals surface area contributed by atoms with E-state index in [4.69, 9.17) is 27.9 Å². The Bertz CT molecular complexity index is 926. The Kier molecular flexibility index (Phi) is 5.60. The van der Waals surface area contributed by atoms with Crippen LogP contribution in [-0.2, 0) is 9.53 Å². The van der Waals surface area contributed by atoms with Gasteiger partial charge in [-0.05, 0) is 26.0 Å². The number of hydrogen-bond donors (Lipinski definition) is 1. The molecule has 0 fully saturated rings. The van der Waals surface area contributed by atoms with E-state index in [9.17, 15) is 9.18 Å². The fourth-order valence-electron chi connectivity index (χ4n) is 2.59. The van der Waals surface area contributed by atoms with E-state index in [2.05, 4.69) is 15.3 Å². The number of aromatic nitrogens is 1. The summed E-state index contributed by atoms with van der Waals surface area (Å²) in [6, 6.07) is 3.25. The van der Waals surface area contributed by atoms with Gasteiger partial charge in [-0.2, -0.15) is 0 Å². The van der Waals surface area contributed by atoms with Crippen molar-refractivity contribution in [2.45, 2.75) is 19.9 Å². The van der Waals surface area contributed by atoms with Crippen LogP contribution < -0.4 is 5.32 Å². The molecule has 0 spiro atoms. The lowest BCUT2D eigenvalue weighted by atomic mass is 9.96. The zero-order valence-corrected chi connectivity index (χ0v) is 16.2. The first kappa shape index (κ1) is 18.8. The highest BCUT2D eigenvalue weighted by atomic mass is 35.5. The molecule has 0 saturated carbocycles. The van der Waals surface area contributed by atoms with Crippen LogP contribution in [0.15, 0.2) is 40.7 Å². The van der Waals surface area contributed by atoms with Crippen molar-refractivity contribution in [1.29, 1.82) is 0 Å². The van der Waals surface area contributed by atoms with E-state index in [-0.39, 0.29) is 11.6 Å². The van der Waals surface area contributed by atoms with Crippen LogP contribution >= 0.6 is 34.5 Å². The van der Waals surface area contributed by atoms with E-state index in [1.165, 1.54) is 29.5 Å². The van der Waals surface area contributed by atoms with Crippen molar-refractivity contribution in [2.75, 3.05) is 6.61 Å². The fourth-order valence-corrected chi connectivity index (χ4v) is 3.75. The largest absolute Gasteiger partial charge is 0.463 e. The molecular formula is C17H14Cl2FN3O2S. The Hall–Kier alpha value is -1.96. The van der Waals surface area contributed by atoms with Crippen molar-refractivity contribution < 1.29 is 13.9 Å². The molecule has 0 bridgehead atoms. The van der Waals surface area contributed by atoms with E-state index in [1.54, 1.807) is 20.0 Å². The summed E-state index contributed by atoms with van der Waals surface area (Å²) in [5.41, 5.74) is 1.40. The molecule has 3 rings (SSSR count). The third-order valence-corrected chi connectivity index (χ3v) is 5.15. The molecule has 0 radical (unpaired) electrons. The molecule has 1 N–H and O–H groups in total. The Morgan fingerprint density at radius 2 is 2.19 bits per heavy atom. The summed E-state index contributed by atoms with van der Waals surface area (Å²) in [4.78, 5) is 21.8. The number of aliphatic imine (C=N–C) groups is 1. The first-order valence-corrected chi connectivity index (χ1v) is 9.27. The average molecular weight is 414 g/mol. The second-order valence-corrected chi connectivity index (χ2v) is 7.43. The van der Waals surface area contributed by atoms with Gasteiger partial charge in [-0.15, -0.1) is 0 Å². The number of allylic oxidation sites excluding steroid dienone is 1. The van der Waals surface area contributed by atoms with Crippen molar-refractivity contribution >= 4 is 46.3 Å². The van der Waals surface area contributed by atoms with Crippen LogP contribution in [0.4, 0.5) is 4.39 Å². The molecule has 136 valence electrons. The van der Waals surface area contributed by atoms with Crippen LogP contribution in [0.5, 0.6) is 0 Å².